The lowest BCUT2D eigenvalue weighted by Gasteiger charge is -2.19. The van der Waals surface area contributed by atoms with Crippen LogP contribution in [-0.4, -0.2) is 19.3 Å². The SMILES string of the molecule is CCc1ccc(CC(CC2CCOC2)NN)cc1. The minimum absolute atomic E-state index is 0.351. The van der Waals surface area contributed by atoms with Crippen LogP contribution in [0.25, 0.3) is 0 Å². The summed E-state index contributed by atoms with van der Waals surface area (Å²) in [5.74, 6) is 6.33. The molecule has 18 heavy (non-hydrogen) atoms. The fourth-order valence-electron chi connectivity index (χ4n) is 2.58. The average molecular weight is 248 g/mol. The predicted molar refractivity (Wildman–Crippen MR) is 74.2 cm³/mol. The van der Waals surface area contributed by atoms with Crippen molar-refractivity contribution >= 4 is 0 Å². The van der Waals surface area contributed by atoms with Crippen LogP contribution in [0.1, 0.15) is 30.9 Å². The third-order valence-corrected chi connectivity index (χ3v) is 3.79. The van der Waals surface area contributed by atoms with Crippen molar-refractivity contribution in [1.29, 1.82) is 0 Å². The molecule has 1 aromatic rings. The predicted octanol–water partition coefficient (Wildman–Crippen LogP) is 2.05. The second-order valence-corrected chi connectivity index (χ2v) is 5.20. The van der Waals surface area contributed by atoms with Gasteiger partial charge in [-0.25, -0.2) is 0 Å². The van der Waals surface area contributed by atoms with Crippen molar-refractivity contribution in [2.45, 2.75) is 38.6 Å². The fourth-order valence-corrected chi connectivity index (χ4v) is 2.58. The largest absolute Gasteiger partial charge is 0.381 e. The van der Waals surface area contributed by atoms with E-state index in [9.17, 15) is 0 Å². The molecule has 3 N–H and O–H groups in total. The Hall–Kier alpha value is -0.900. The van der Waals surface area contributed by atoms with Gasteiger partial charge in [-0.3, -0.25) is 11.3 Å². The molecule has 0 aliphatic carbocycles. The molecule has 1 heterocycles. The number of hydrazine groups is 1. The first-order valence-electron chi connectivity index (χ1n) is 6.93. The van der Waals surface area contributed by atoms with E-state index in [1.54, 1.807) is 0 Å². The minimum atomic E-state index is 0.351. The van der Waals surface area contributed by atoms with Gasteiger partial charge < -0.3 is 4.74 Å². The Morgan fingerprint density at radius 1 is 1.33 bits per heavy atom. The summed E-state index contributed by atoms with van der Waals surface area (Å²) < 4.78 is 5.41. The molecular formula is C15H24N2O. The zero-order chi connectivity index (χ0) is 12.8. The average Bonchev–Trinajstić information content (AvgIpc) is 2.91. The molecule has 0 spiro atoms. The molecule has 2 unspecified atom stereocenters. The van der Waals surface area contributed by atoms with Gasteiger partial charge in [-0.1, -0.05) is 31.2 Å². The van der Waals surface area contributed by atoms with E-state index >= 15 is 0 Å². The van der Waals surface area contributed by atoms with E-state index in [0.29, 0.717) is 12.0 Å². The van der Waals surface area contributed by atoms with E-state index in [1.807, 2.05) is 0 Å². The van der Waals surface area contributed by atoms with Crippen molar-refractivity contribution < 1.29 is 4.74 Å². The fraction of sp³-hybridized carbons (Fsp3) is 0.600. The number of hydrogen-bond acceptors (Lipinski definition) is 3. The molecule has 1 aliphatic heterocycles. The van der Waals surface area contributed by atoms with Crippen LogP contribution in [0.2, 0.25) is 0 Å². The number of nitrogens with two attached hydrogens (primary N) is 1. The Labute approximate surface area is 110 Å². The smallest absolute Gasteiger partial charge is 0.0495 e. The summed E-state index contributed by atoms with van der Waals surface area (Å²) in [6.07, 6.45) is 4.37. The van der Waals surface area contributed by atoms with Gasteiger partial charge in [-0.15, -0.1) is 0 Å². The molecule has 100 valence electrons. The highest BCUT2D eigenvalue weighted by Gasteiger charge is 2.20. The van der Waals surface area contributed by atoms with Gasteiger partial charge in [0.1, 0.15) is 0 Å². The van der Waals surface area contributed by atoms with Crippen molar-refractivity contribution in [2.24, 2.45) is 11.8 Å². The molecular weight excluding hydrogens is 224 g/mol. The molecule has 1 saturated heterocycles. The van der Waals surface area contributed by atoms with Crippen LogP contribution in [0, 0.1) is 5.92 Å². The van der Waals surface area contributed by atoms with Crippen molar-refractivity contribution in [1.82, 2.24) is 5.43 Å². The lowest BCUT2D eigenvalue weighted by Crippen LogP contribution is -2.38. The van der Waals surface area contributed by atoms with Crippen LogP contribution in [-0.2, 0) is 17.6 Å². The van der Waals surface area contributed by atoms with Gasteiger partial charge in [0.05, 0.1) is 0 Å². The van der Waals surface area contributed by atoms with Gasteiger partial charge in [0.25, 0.3) is 0 Å². The number of hydrogen-bond donors (Lipinski definition) is 2. The van der Waals surface area contributed by atoms with Gasteiger partial charge in [-0.2, -0.15) is 0 Å². The quantitative estimate of drug-likeness (QED) is 0.598. The van der Waals surface area contributed by atoms with Crippen LogP contribution in [0.4, 0.5) is 0 Å². The van der Waals surface area contributed by atoms with E-state index in [-0.39, 0.29) is 0 Å². The van der Waals surface area contributed by atoms with Gasteiger partial charge in [0.15, 0.2) is 0 Å². The Morgan fingerprint density at radius 2 is 2.06 bits per heavy atom. The third-order valence-electron chi connectivity index (χ3n) is 3.79. The van der Waals surface area contributed by atoms with Crippen LogP contribution in [0.15, 0.2) is 24.3 Å². The van der Waals surface area contributed by atoms with Crippen molar-refractivity contribution in [3.8, 4) is 0 Å². The summed E-state index contributed by atoms with van der Waals surface area (Å²) in [4.78, 5) is 0. The van der Waals surface area contributed by atoms with E-state index in [0.717, 1.165) is 32.5 Å². The highest BCUT2D eigenvalue weighted by atomic mass is 16.5. The van der Waals surface area contributed by atoms with Gasteiger partial charge >= 0.3 is 0 Å². The Kier molecular flexibility index (Phi) is 5.17. The van der Waals surface area contributed by atoms with E-state index in [1.165, 1.54) is 17.5 Å². The van der Waals surface area contributed by atoms with Gasteiger partial charge in [0, 0.05) is 19.3 Å². The summed E-state index contributed by atoms with van der Waals surface area (Å²) in [5, 5.41) is 0. The monoisotopic (exact) mass is 248 g/mol. The van der Waals surface area contributed by atoms with Crippen molar-refractivity contribution in [2.75, 3.05) is 13.2 Å². The second kappa shape index (κ2) is 6.88. The molecule has 0 amide bonds. The maximum Gasteiger partial charge on any atom is 0.0495 e. The molecule has 3 nitrogen and oxygen atoms in total. The van der Waals surface area contributed by atoms with Crippen LogP contribution in [0.5, 0.6) is 0 Å². The Balaban J connectivity index is 1.87. The molecule has 1 aliphatic rings. The molecule has 0 aromatic heterocycles. The molecule has 2 rings (SSSR count). The molecule has 0 bridgehead atoms. The maximum atomic E-state index is 5.66. The zero-order valence-electron chi connectivity index (χ0n) is 11.2. The lowest BCUT2D eigenvalue weighted by molar-refractivity contribution is 0.181. The topological polar surface area (TPSA) is 47.3 Å². The maximum absolute atomic E-state index is 5.66. The van der Waals surface area contributed by atoms with E-state index < -0.39 is 0 Å². The summed E-state index contributed by atoms with van der Waals surface area (Å²) in [5.41, 5.74) is 5.70. The first-order chi connectivity index (χ1) is 8.81. The summed E-state index contributed by atoms with van der Waals surface area (Å²) in [6.45, 7) is 3.99. The number of rotatable bonds is 6. The van der Waals surface area contributed by atoms with Crippen molar-refractivity contribution in [3.05, 3.63) is 35.4 Å². The van der Waals surface area contributed by atoms with Crippen molar-refractivity contribution in [3.63, 3.8) is 0 Å². The molecule has 1 fully saturated rings. The van der Waals surface area contributed by atoms with Gasteiger partial charge in [-0.05, 0) is 42.7 Å². The van der Waals surface area contributed by atoms with E-state index in [2.05, 4.69) is 36.6 Å². The van der Waals surface area contributed by atoms with Crippen LogP contribution >= 0.6 is 0 Å². The molecule has 0 radical (unpaired) electrons. The number of nitrogens with one attached hydrogen (secondary N) is 1. The number of benzene rings is 1. The molecule has 0 saturated carbocycles. The molecule has 1 aromatic carbocycles. The number of aryl methyl sites for hydroxylation is 1. The second-order valence-electron chi connectivity index (χ2n) is 5.20. The Bertz CT molecular complexity index is 344. The normalized spacial score (nSPS) is 21.1. The summed E-state index contributed by atoms with van der Waals surface area (Å²) in [7, 11) is 0. The van der Waals surface area contributed by atoms with Crippen LogP contribution in [0.3, 0.4) is 0 Å². The third kappa shape index (κ3) is 3.80. The highest BCUT2D eigenvalue weighted by molar-refractivity contribution is 5.23. The zero-order valence-corrected chi connectivity index (χ0v) is 11.2. The molecule has 2 atom stereocenters. The summed E-state index contributed by atoms with van der Waals surface area (Å²) in [6, 6.07) is 9.20. The van der Waals surface area contributed by atoms with Crippen LogP contribution < -0.4 is 11.3 Å². The highest BCUT2D eigenvalue weighted by Crippen LogP contribution is 2.20. The lowest BCUT2D eigenvalue weighted by atomic mass is 9.94. The minimum Gasteiger partial charge on any atom is -0.381 e. The van der Waals surface area contributed by atoms with E-state index in [4.69, 9.17) is 10.6 Å². The molecule has 3 heteroatoms. The standard InChI is InChI=1S/C15H24N2O/c1-2-12-3-5-13(6-4-12)9-15(17-16)10-14-7-8-18-11-14/h3-6,14-15,17H,2,7-11,16H2,1H3. The first kappa shape index (κ1) is 13.5. The first-order valence-corrected chi connectivity index (χ1v) is 6.93. The number of ether oxygens (including phenoxy) is 1. The Morgan fingerprint density at radius 3 is 2.61 bits per heavy atom. The van der Waals surface area contributed by atoms with Gasteiger partial charge in [0.2, 0.25) is 0 Å². The summed E-state index contributed by atoms with van der Waals surface area (Å²) >= 11 is 0.